The fourth-order valence-electron chi connectivity index (χ4n) is 1.89. The Morgan fingerprint density at radius 1 is 1.12 bits per heavy atom. The molecule has 2 rings (SSSR count). The number of aromatic nitrogens is 1. The molecule has 0 atom stereocenters. The van der Waals surface area contributed by atoms with Crippen molar-refractivity contribution in [3.63, 3.8) is 0 Å². The number of carbonyl (C=O) groups excluding carboxylic acids is 2. The molecule has 7 heteroatoms. The fraction of sp³-hybridized carbons (Fsp3) is 0.176. The number of nitrogens with one attached hydrogen (secondary N) is 2. The predicted octanol–water partition coefficient (Wildman–Crippen LogP) is 2.80. The Labute approximate surface area is 144 Å². The quantitative estimate of drug-likeness (QED) is 0.624. The van der Waals surface area contributed by atoms with E-state index in [-0.39, 0.29) is 24.7 Å². The van der Waals surface area contributed by atoms with E-state index in [4.69, 9.17) is 11.6 Å². The Bertz CT molecular complexity index is 730. The topological polar surface area (TPSA) is 83.4 Å². The van der Waals surface area contributed by atoms with Gasteiger partial charge in [0.05, 0.1) is 17.9 Å². The number of nitrogens with zero attached hydrogens (tertiary/aromatic N) is 2. The van der Waals surface area contributed by atoms with Gasteiger partial charge >= 0.3 is 0 Å². The normalized spacial score (nSPS) is 11.0. The molecule has 1 heterocycles. The Morgan fingerprint density at radius 2 is 1.88 bits per heavy atom. The number of anilines is 1. The molecule has 2 N–H and O–H groups in total. The summed E-state index contributed by atoms with van der Waals surface area (Å²) in [5.74, 6) is -0.103. The minimum atomic E-state index is -0.275. The van der Waals surface area contributed by atoms with Crippen LogP contribution in [0.4, 0.5) is 5.82 Å². The molecular weight excluding hydrogens is 328 g/mol. The third kappa shape index (κ3) is 6.18. The molecular formula is C17H17ClN4O2. The van der Waals surface area contributed by atoms with E-state index in [9.17, 15) is 9.59 Å². The standard InChI is InChI=1S/C17H17ClN4O2/c1-12(9-16(23)20-15-8-7-14(18)11-19-15)21-22-17(24)10-13-5-3-2-4-6-13/h2-8,11H,9-10H2,1H3,(H,22,24)(H,19,20,23)/b21-12+. The average molecular weight is 345 g/mol. The minimum Gasteiger partial charge on any atom is -0.310 e. The summed E-state index contributed by atoms with van der Waals surface area (Å²) < 4.78 is 0. The van der Waals surface area contributed by atoms with E-state index in [2.05, 4.69) is 20.8 Å². The fourth-order valence-corrected chi connectivity index (χ4v) is 2.00. The van der Waals surface area contributed by atoms with Crippen LogP contribution in [0.5, 0.6) is 0 Å². The first-order valence-electron chi connectivity index (χ1n) is 7.30. The van der Waals surface area contributed by atoms with Crippen LogP contribution < -0.4 is 10.7 Å². The van der Waals surface area contributed by atoms with Crippen LogP contribution in [-0.4, -0.2) is 22.5 Å². The van der Waals surface area contributed by atoms with Crippen LogP contribution in [-0.2, 0) is 16.0 Å². The summed E-state index contributed by atoms with van der Waals surface area (Å²) in [5.41, 5.74) is 3.83. The first-order chi connectivity index (χ1) is 11.5. The van der Waals surface area contributed by atoms with Crippen molar-refractivity contribution in [3.05, 3.63) is 59.2 Å². The Balaban J connectivity index is 1.79. The zero-order valence-electron chi connectivity index (χ0n) is 13.1. The van der Waals surface area contributed by atoms with E-state index in [1.54, 1.807) is 19.1 Å². The molecule has 0 fully saturated rings. The maximum absolute atomic E-state index is 11.9. The number of halogens is 1. The van der Waals surface area contributed by atoms with Gasteiger partial charge in [0.2, 0.25) is 11.8 Å². The van der Waals surface area contributed by atoms with Gasteiger partial charge in [0.25, 0.3) is 0 Å². The molecule has 0 saturated carbocycles. The highest BCUT2D eigenvalue weighted by molar-refractivity contribution is 6.30. The highest BCUT2D eigenvalue weighted by Crippen LogP contribution is 2.09. The van der Waals surface area contributed by atoms with Crippen molar-refractivity contribution < 1.29 is 9.59 Å². The van der Waals surface area contributed by atoms with Gasteiger partial charge in [-0.3, -0.25) is 9.59 Å². The Hall–Kier alpha value is -2.73. The molecule has 124 valence electrons. The third-order valence-electron chi connectivity index (χ3n) is 2.99. The van der Waals surface area contributed by atoms with Gasteiger partial charge < -0.3 is 5.32 Å². The van der Waals surface area contributed by atoms with E-state index < -0.39 is 0 Å². The SMILES string of the molecule is C/C(CC(=O)Nc1ccc(Cl)cn1)=N\NC(=O)Cc1ccccc1. The first-order valence-corrected chi connectivity index (χ1v) is 7.68. The van der Waals surface area contributed by atoms with E-state index in [0.29, 0.717) is 16.6 Å². The van der Waals surface area contributed by atoms with Crippen molar-refractivity contribution in [2.24, 2.45) is 5.10 Å². The van der Waals surface area contributed by atoms with Crippen LogP contribution in [0, 0.1) is 0 Å². The molecule has 24 heavy (non-hydrogen) atoms. The van der Waals surface area contributed by atoms with Gasteiger partial charge in [0.1, 0.15) is 5.82 Å². The number of pyridine rings is 1. The second-order valence-corrected chi connectivity index (χ2v) is 5.57. The van der Waals surface area contributed by atoms with Gasteiger partial charge in [0, 0.05) is 11.9 Å². The molecule has 1 aromatic heterocycles. The smallest absolute Gasteiger partial charge is 0.244 e. The van der Waals surface area contributed by atoms with E-state index in [1.807, 2.05) is 30.3 Å². The lowest BCUT2D eigenvalue weighted by Gasteiger charge is -2.05. The highest BCUT2D eigenvalue weighted by atomic mass is 35.5. The maximum atomic E-state index is 11.9. The van der Waals surface area contributed by atoms with Gasteiger partial charge in [-0.2, -0.15) is 5.10 Å². The van der Waals surface area contributed by atoms with Gasteiger partial charge in [-0.05, 0) is 24.6 Å². The van der Waals surface area contributed by atoms with Gasteiger partial charge in [0.15, 0.2) is 0 Å². The number of hydrogen-bond acceptors (Lipinski definition) is 4. The van der Waals surface area contributed by atoms with Crippen molar-refractivity contribution in [3.8, 4) is 0 Å². The highest BCUT2D eigenvalue weighted by Gasteiger charge is 2.07. The molecule has 0 aliphatic rings. The molecule has 0 aliphatic carbocycles. The molecule has 2 amide bonds. The van der Waals surface area contributed by atoms with Crippen molar-refractivity contribution in [1.82, 2.24) is 10.4 Å². The Kier molecular flexibility index (Phi) is 6.45. The summed E-state index contributed by atoms with van der Waals surface area (Å²) in [4.78, 5) is 27.6. The lowest BCUT2D eigenvalue weighted by Crippen LogP contribution is -2.23. The molecule has 2 aromatic rings. The zero-order valence-corrected chi connectivity index (χ0v) is 13.9. The van der Waals surface area contributed by atoms with E-state index in [0.717, 1.165) is 5.56 Å². The minimum absolute atomic E-state index is 0.0515. The van der Waals surface area contributed by atoms with Gasteiger partial charge in [-0.25, -0.2) is 10.4 Å². The zero-order chi connectivity index (χ0) is 17.4. The average Bonchev–Trinajstić information content (AvgIpc) is 2.56. The molecule has 0 aliphatic heterocycles. The predicted molar refractivity (Wildman–Crippen MR) is 93.9 cm³/mol. The molecule has 0 radical (unpaired) electrons. The summed E-state index contributed by atoms with van der Waals surface area (Å²) >= 11 is 5.73. The monoisotopic (exact) mass is 344 g/mol. The van der Waals surface area contributed by atoms with Crippen molar-refractivity contribution in [2.45, 2.75) is 19.8 Å². The van der Waals surface area contributed by atoms with Crippen LogP contribution in [0.15, 0.2) is 53.8 Å². The molecule has 0 unspecified atom stereocenters. The first kappa shape index (κ1) is 17.6. The van der Waals surface area contributed by atoms with Crippen molar-refractivity contribution in [1.29, 1.82) is 0 Å². The number of benzene rings is 1. The summed E-state index contributed by atoms with van der Waals surface area (Å²) in [6.07, 6.45) is 1.73. The summed E-state index contributed by atoms with van der Waals surface area (Å²) in [7, 11) is 0. The van der Waals surface area contributed by atoms with Crippen LogP contribution in [0.3, 0.4) is 0 Å². The third-order valence-corrected chi connectivity index (χ3v) is 3.21. The summed E-state index contributed by atoms with van der Waals surface area (Å²) in [6.45, 7) is 1.66. The largest absolute Gasteiger partial charge is 0.310 e. The number of hydrazone groups is 1. The van der Waals surface area contributed by atoms with Gasteiger partial charge in [-0.1, -0.05) is 41.9 Å². The summed E-state index contributed by atoms with van der Waals surface area (Å²) in [5, 5.41) is 7.05. The van der Waals surface area contributed by atoms with Crippen molar-refractivity contribution in [2.75, 3.05) is 5.32 Å². The van der Waals surface area contributed by atoms with Crippen LogP contribution in [0.25, 0.3) is 0 Å². The number of hydrogen-bond donors (Lipinski definition) is 2. The van der Waals surface area contributed by atoms with Crippen LogP contribution >= 0.6 is 11.6 Å². The number of carbonyl (C=O) groups is 2. The molecule has 6 nitrogen and oxygen atoms in total. The summed E-state index contributed by atoms with van der Waals surface area (Å²) in [6, 6.07) is 12.6. The molecule has 0 spiro atoms. The number of rotatable bonds is 6. The second-order valence-electron chi connectivity index (χ2n) is 5.13. The van der Waals surface area contributed by atoms with E-state index >= 15 is 0 Å². The van der Waals surface area contributed by atoms with E-state index in [1.165, 1.54) is 6.20 Å². The lowest BCUT2D eigenvalue weighted by atomic mass is 10.1. The Morgan fingerprint density at radius 3 is 2.54 bits per heavy atom. The molecule has 0 bridgehead atoms. The van der Waals surface area contributed by atoms with Crippen molar-refractivity contribution >= 4 is 34.9 Å². The second kappa shape index (κ2) is 8.79. The molecule has 0 saturated heterocycles. The van der Waals surface area contributed by atoms with Crippen LogP contribution in [0.2, 0.25) is 5.02 Å². The van der Waals surface area contributed by atoms with Crippen LogP contribution in [0.1, 0.15) is 18.9 Å². The lowest BCUT2D eigenvalue weighted by molar-refractivity contribution is -0.120. The number of amides is 2. The molecule has 1 aromatic carbocycles. The van der Waals surface area contributed by atoms with Gasteiger partial charge in [-0.15, -0.1) is 0 Å². The maximum Gasteiger partial charge on any atom is 0.244 e.